The van der Waals surface area contributed by atoms with Crippen LogP contribution in [-0.4, -0.2) is 56.0 Å². The number of rotatable bonds is 4. The molecule has 0 radical (unpaired) electrons. The first-order valence-electron chi connectivity index (χ1n) is 11.4. The SMILES string of the molecule is Cc1ccc2cc(Cc3cn([C@@H]4O[C@H](CO)[C@@H](O)[C@H](O)[C@H]4O)c4c(C)ccc(Cl)c34)ccc2c1. The lowest BCUT2D eigenvalue weighted by molar-refractivity contribution is -0.250. The van der Waals surface area contributed by atoms with Crippen LogP contribution in [0.3, 0.4) is 0 Å². The lowest BCUT2D eigenvalue weighted by atomic mass is 9.98. The van der Waals surface area contributed by atoms with E-state index in [4.69, 9.17) is 16.3 Å². The zero-order valence-corrected chi connectivity index (χ0v) is 19.8. The second kappa shape index (κ2) is 8.96. The van der Waals surface area contributed by atoms with Crippen LogP contribution in [-0.2, 0) is 11.2 Å². The van der Waals surface area contributed by atoms with E-state index in [1.54, 1.807) is 4.57 Å². The first kappa shape index (κ1) is 23.3. The van der Waals surface area contributed by atoms with Crippen LogP contribution in [0, 0.1) is 13.8 Å². The summed E-state index contributed by atoms with van der Waals surface area (Å²) >= 11 is 6.66. The summed E-state index contributed by atoms with van der Waals surface area (Å²) in [5, 5.41) is 44.7. The summed E-state index contributed by atoms with van der Waals surface area (Å²) in [5.74, 6) is 0. The highest BCUT2D eigenvalue weighted by atomic mass is 35.5. The number of halogens is 1. The van der Waals surface area contributed by atoms with E-state index in [0.29, 0.717) is 11.4 Å². The van der Waals surface area contributed by atoms with Crippen molar-refractivity contribution >= 4 is 33.3 Å². The van der Waals surface area contributed by atoms with Crippen LogP contribution in [0.2, 0.25) is 5.02 Å². The molecule has 4 aromatic rings. The Kier molecular flexibility index (Phi) is 6.14. The standard InChI is InChI=1S/C27H28ClNO5/c1-14-3-6-18-10-16(5-7-17(18)9-14)11-19-12-29(23-15(2)4-8-20(28)22(19)23)27-26(33)25(32)24(31)21(13-30)34-27/h3-10,12,21,24-27,30-33H,11,13H2,1-2H3/t21-,24-,25+,26-,27-/m1/s1. The molecule has 1 aromatic heterocycles. The zero-order valence-electron chi connectivity index (χ0n) is 19.0. The van der Waals surface area contributed by atoms with E-state index in [9.17, 15) is 20.4 Å². The Balaban J connectivity index is 1.61. The first-order valence-corrected chi connectivity index (χ1v) is 11.7. The van der Waals surface area contributed by atoms with Crippen LogP contribution in [0.4, 0.5) is 0 Å². The number of benzene rings is 3. The number of hydrogen-bond acceptors (Lipinski definition) is 5. The average Bonchev–Trinajstić information content (AvgIpc) is 3.20. The maximum Gasteiger partial charge on any atom is 0.163 e. The average molecular weight is 482 g/mol. The Morgan fingerprint density at radius 3 is 2.41 bits per heavy atom. The van der Waals surface area contributed by atoms with E-state index >= 15 is 0 Å². The minimum absolute atomic E-state index is 0.482. The highest BCUT2D eigenvalue weighted by Gasteiger charge is 2.44. The molecule has 0 spiro atoms. The van der Waals surface area contributed by atoms with Crippen molar-refractivity contribution in [3.63, 3.8) is 0 Å². The third-order valence-electron chi connectivity index (χ3n) is 6.80. The number of aliphatic hydroxyl groups excluding tert-OH is 4. The molecule has 3 aromatic carbocycles. The van der Waals surface area contributed by atoms with Gasteiger partial charge in [-0.1, -0.05) is 59.6 Å². The number of nitrogens with zero attached hydrogens (tertiary/aromatic N) is 1. The molecule has 5 atom stereocenters. The highest BCUT2D eigenvalue weighted by Crippen LogP contribution is 2.38. The Bertz CT molecular complexity index is 1360. The van der Waals surface area contributed by atoms with Gasteiger partial charge in [-0.2, -0.15) is 0 Å². The molecule has 178 valence electrons. The summed E-state index contributed by atoms with van der Waals surface area (Å²) in [6.07, 6.45) is -3.76. The van der Waals surface area contributed by atoms with E-state index in [0.717, 1.165) is 33.0 Å². The van der Waals surface area contributed by atoms with Crippen LogP contribution in [0.25, 0.3) is 21.7 Å². The maximum absolute atomic E-state index is 10.8. The molecular formula is C27H28ClNO5. The van der Waals surface area contributed by atoms with Gasteiger partial charge in [0.2, 0.25) is 0 Å². The summed E-state index contributed by atoms with van der Waals surface area (Å²) < 4.78 is 7.62. The molecule has 6 nitrogen and oxygen atoms in total. The van der Waals surface area contributed by atoms with Gasteiger partial charge in [-0.25, -0.2) is 0 Å². The smallest absolute Gasteiger partial charge is 0.163 e. The predicted octanol–water partition coefficient (Wildman–Crippen LogP) is 3.63. The van der Waals surface area contributed by atoms with Crippen LogP contribution in [0.1, 0.15) is 28.5 Å². The number of ether oxygens (including phenoxy) is 1. The Morgan fingerprint density at radius 2 is 1.65 bits per heavy atom. The summed E-state index contributed by atoms with van der Waals surface area (Å²) in [6.45, 7) is 3.54. The zero-order chi connectivity index (χ0) is 24.1. The molecule has 1 fully saturated rings. The van der Waals surface area contributed by atoms with Crippen molar-refractivity contribution < 1.29 is 25.2 Å². The van der Waals surface area contributed by atoms with Crippen molar-refractivity contribution in [2.75, 3.05) is 6.61 Å². The van der Waals surface area contributed by atoms with Crippen LogP contribution < -0.4 is 0 Å². The molecule has 1 aliphatic heterocycles. The van der Waals surface area contributed by atoms with E-state index in [-0.39, 0.29) is 0 Å². The summed E-state index contributed by atoms with van der Waals surface area (Å²) in [5.41, 5.74) is 4.99. The molecular weight excluding hydrogens is 454 g/mol. The maximum atomic E-state index is 10.8. The van der Waals surface area contributed by atoms with E-state index in [2.05, 4.69) is 43.3 Å². The van der Waals surface area contributed by atoms with Crippen molar-refractivity contribution in [1.82, 2.24) is 4.57 Å². The van der Waals surface area contributed by atoms with Crippen molar-refractivity contribution in [2.45, 2.75) is 50.9 Å². The Labute approximate surface area is 202 Å². The summed E-state index contributed by atoms with van der Waals surface area (Å²) in [6, 6.07) is 16.5. The second-order valence-corrected chi connectivity index (χ2v) is 9.64. The van der Waals surface area contributed by atoms with Crippen molar-refractivity contribution in [2.24, 2.45) is 0 Å². The van der Waals surface area contributed by atoms with Gasteiger partial charge in [-0.3, -0.25) is 0 Å². The van der Waals surface area contributed by atoms with E-state index in [1.807, 2.05) is 25.3 Å². The fourth-order valence-corrected chi connectivity index (χ4v) is 5.27. The molecule has 1 aliphatic rings. The van der Waals surface area contributed by atoms with Gasteiger partial charge in [-0.15, -0.1) is 0 Å². The van der Waals surface area contributed by atoms with E-state index < -0.39 is 37.3 Å². The van der Waals surface area contributed by atoms with E-state index in [1.165, 1.54) is 10.9 Å². The molecule has 2 heterocycles. The lowest BCUT2D eigenvalue weighted by Gasteiger charge is -2.40. The summed E-state index contributed by atoms with van der Waals surface area (Å²) in [7, 11) is 0. The van der Waals surface area contributed by atoms with Gasteiger partial charge in [0.25, 0.3) is 0 Å². The monoisotopic (exact) mass is 481 g/mol. The molecule has 0 unspecified atom stereocenters. The lowest BCUT2D eigenvalue weighted by Crippen LogP contribution is -2.56. The molecule has 0 amide bonds. The molecule has 7 heteroatoms. The van der Waals surface area contributed by atoms with Gasteiger partial charge < -0.3 is 29.7 Å². The second-order valence-electron chi connectivity index (χ2n) is 9.23. The predicted molar refractivity (Wildman–Crippen MR) is 132 cm³/mol. The Morgan fingerprint density at radius 1 is 0.912 bits per heavy atom. The third kappa shape index (κ3) is 3.90. The van der Waals surface area contributed by atoms with Gasteiger partial charge in [0.1, 0.15) is 24.4 Å². The van der Waals surface area contributed by atoms with Gasteiger partial charge in [0.15, 0.2) is 6.23 Å². The first-order chi connectivity index (χ1) is 16.3. The minimum atomic E-state index is -1.46. The molecule has 0 aliphatic carbocycles. The minimum Gasteiger partial charge on any atom is -0.394 e. The molecule has 4 N–H and O–H groups in total. The Hall–Kier alpha value is -2.45. The van der Waals surface area contributed by atoms with Crippen molar-refractivity contribution in [1.29, 1.82) is 0 Å². The number of aryl methyl sites for hydroxylation is 2. The molecule has 1 saturated heterocycles. The number of fused-ring (bicyclic) bond motifs is 2. The molecule has 0 bridgehead atoms. The molecule has 34 heavy (non-hydrogen) atoms. The summed E-state index contributed by atoms with van der Waals surface area (Å²) in [4.78, 5) is 0. The van der Waals surface area contributed by atoms with Gasteiger partial charge >= 0.3 is 0 Å². The molecule has 0 saturated carbocycles. The van der Waals surface area contributed by atoms with Crippen LogP contribution in [0.5, 0.6) is 0 Å². The number of hydrogen-bond donors (Lipinski definition) is 4. The van der Waals surface area contributed by atoms with Gasteiger partial charge in [0.05, 0.1) is 17.1 Å². The van der Waals surface area contributed by atoms with Crippen molar-refractivity contribution in [3.8, 4) is 0 Å². The van der Waals surface area contributed by atoms with Gasteiger partial charge in [-0.05, 0) is 53.8 Å². The third-order valence-corrected chi connectivity index (χ3v) is 7.11. The quantitative estimate of drug-likeness (QED) is 0.357. The normalized spacial score (nSPS) is 25.3. The van der Waals surface area contributed by atoms with Crippen molar-refractivity contribution in [3.05, 3.63) is 82.0 Å². The largest absolute Gasteiger partial charge is 0.394 e. The number of aromatic nitrogens is 1. The fraction of sp³-hybridized carbons (Fsp3) is 0.333. The van der Waals surface area contributed by atoms with Gasteiger partial charge in [0, 0.05) is 11.6 Å². The number of aliphatic hydroxyl groups is 4. The highest BCUT2D eigenvalue weighted by molar-refractivity contribution is 6.35. The topological polar surface area (TPSA) is 95.1 Å². The molecule has 5 rings (SSSR count). The van der Waals surface area contributed by atoms with Crippen LogP contribution in [0.15, 0.2) is 54.7 Å². The fourth-order valence-electron chi connectivity index (χ4n) is 5.00. The van der Waals surface area contributed by atoms with Crippen LogP contribution >= 0.6 is 11.6 Å².